The van der Waals surface area contributed by atoms with Crippen LogP contribution >= 0.6 is 0 Å². The lowest BCUT2D eigenvalue weighted by atomic mass is 10.1. The monoisotopic (exact) mass is 358 g/mol. The molecule has 0 saturated heterocycles. The van der Waals surface area contributed by atoms with Crippen molar-refractivity contribution in [1.29, 1.82) is 0 Å². The van der Waals surface area contributed by atoms with E-state index in [9.17, 15) is 0 Å². The van der Waals surface area contributed by atoms with E-state index in [-0.39, 0.29) is 0 Å². The lowest BCUT2D eigenvalue weighted by Gasteiger charge is -2.27. The quantitative estimate of drug-likeness (QED) is 0.550. The molecule has 6 nitrogen and oxygen atoms in total. The van der Waals surface area contributed by atoms with Gasteiger partial charge < -0.3 is 8.83 Å². The zero-order valence-corrected chi connectivity index (χ0v) is 14.7. The summed E-state index contributed by atoms with van der Waals surface area (Å²) < 4.78 is 10.8. The van der Waals surface area contributed by atoms with E-state index in [1.807, 2.05) is 42.7 Å². The van der Waals surface area contributed by atoms with Gasteiger partial charge in [-0.3, -0.25) is 9.88 Å². The van der Waals surface area contributed by atoms with Crippen LogP contribution in [0, 0.1) is 0 Å². The van der Waals surface area contributed by atoms with Crippen LogP contribution in [0.1, 0.15) is 16.8 Å². The van der Waals surface area contributed by atoms with Gasteiger partial charge in [-0.05, 0) is 35.9 Å². The van der Waals surface area contributed by atoms with Crippen LogP contribution in [-0.4, -0.2) is 26.4 Å². The minimum atomic E-state index is 0.657. The third kappa shape index (κ3) is 3.27. The van der Waals surface area contributed by atoms with Gasteiger partial charge in [0.25, 0.3) is 0 Å². The molecule has 0 unspecified atom stereocenters. The molecule has 134 valence electrons. The highest BCUT2D eigenvalue weighted by Crippen LogP contribution is 2.23. The van der Waals surface area contributed by atoms with E-state index in [1.54, 1.807) is 12.5 Å². The van der Waals surface area contributed by atoms with Gasteiger partial charge in [-0.1, -0.05) is 6.07 Å². The van der Waals surface area contributed by atoms with Gasteiger partial charge >= 0.3 is 0 Å². The highest BCUT2D eigenvalue weighted by Gasteiger charge is 2.19. The number of hydrogen-bond acceptors (Lipinski definition) is 6. The number of hydrogen-bond donors (Lipinski definition) is 0. The maximum Gasteiger partial charge on any atom is 0.195 e. The molecule has 1 aliphatic rings. The number of aromatic nitrogens is 3. The smallest absolute Gasteiger partial charge is 0.195 e. The van der Waals surface area contributed by atoms with Gasteiger partial charge in [-0.25, -0.2) is 9.97 Å². The first-order valence-electron chi connectivity index (χ1n) is 8.95. The predicted molar refractivity (Wildman–Crippen MR) is 99.5 cm³/mol. The molecule has 0 aromatic carbocycles. The van der Waals surface area contributed by atoms with Gasteiger partial charge in [-0.15, -0.1) is 0 Å². The maximum atomic E-state index is 5.40. The summed E-state index contributed by atoms with van der Waals surface area (Å²) in [4.78, 5) is 16.1. The zero-order valence-electron chi connectivity index (χ0n) is 14.7. The summed E-state index contributed by atoms with van der Waals surface area (Å²) in [5, 5.41) is 0. The number of nitrogens with zero attached hydrogens (tertiary/aromatic N) is 4. The van der Waals surface area contributed by atoms with E-state index in [0.29, 0.717) is 11.6 Å². The van der Waals surface area contributed by atoms with Gasteiger partial charge in [0.15, 0.2) is 17.3 Å². The van der Waals surface area contributed by atoms with Crippen LogP contribution in [-0.2, 0) is 19.5 Å². The molecule has 6 heteroatoms. The van der Waals surface area contributed by atoms with E-state index < -0.39 is 0 Å². The van der Waals surface area contributed by atoms with Crippen LogP contribution in [0.5, 0.6) is 0 Å². The number of furan rings is 2. The molecule has 0 atom stereocenters. The van der Waals surface area contributed by atoms with E-state index in [0.717, 1.165) is 43.2 Å². The molecule has 5 rings (SSSR count). The predicted octanol–water partition coefficient (Wildman–Crippen LogP) is 3.95. The Morgan fingerprint density at radius 1 is 0.926 bits per heavy atom. The molecule has 4 aromatic rings. The van der Waals surface area contributed by atoms with Crippen LogP contribution in [0.15, 0.2) is 70.2 Å². The Labute approximate surface area is 156 Å². The molecule has 0 aliphatic carbocycles. The first kappa shape index (κ1) is 16.0. The van der Waals surface area contributed by atoms with Crippen LogP contribution in [0.2, 0.25) is 0 Å². The van der Waals surface area contributed by atoms with Crippen molar-refractivity contribution in [3.05, 3.63) is 78.1 Å². The normalized spacial score (nSPS) is 14.2. The Morgan fingerprint density at radius 3 is 2.52 bits per heavy atom. The second-order valence-corrected chi connectivity index (χ2v) is 6.63. The average Bonchev–Trinajstić information content (AvgIpc) is 3.42. The van der Waals surface area contributed by atoms with Gasteiger partial charge in [-0.2, -0.15) is 0 Å². The van der Waals surface area contributed by atoms with Crippen LogP contribution in [0.3, 0.4) is 0 Å². The molecule has 0 radical (unpaired) electrons. The standard InChI is InChI=1S/C21H18N4O2/c1-3-19(26-9-1)18-6-5-15(11-22-18)13-25-8-7-17-16(14-25)12-23-21(24-17)20-4-2-10-27-20/h1-6,9-12H,7-8,13-14H2. The summed E-state index contributed by atoms with van der Waals surface area (Å²) in [5.74, 6) is 2.16. The van der Waals surface area contributed by atoms with Crippen molar-refractivity contribution < 1.29 is 8.83 Å². The minimum absolute atomic E-state index is 0.657. The Kier molecular flexibility index (Phi) is 4.03. The van der Waals surface area contributed by atoms with Crippen LogP contribution in [0.4, 0.5) is 0 Å². The third-order valence-corrected chi connectivity index (χ3v) is 4.76. The molecule has 1 aliphatic heterocycles. The molecule has 0 N–H and O–H groups in total. The SMILES string of the molecule is c1coc(-c2ccc(CN3CCc4nc(-c5ccco5)ncc4C3)cn2)c1. The van der Waals surface area contributed by atoms with E-state index in [2.05, 4.69) is 25.9 Å². The van der Waals surface area contributed by atoms with Crippen molar-refractivity contribution in [3.63, 3.8) is 0 Å². The second kappa shape index (κ2) is 6.81. The lowest BCUT2D eigenvalue weighted by molar-refractivity contribution is 0.242. The van der Waals surface area contributed by atoms with Crippen molar-refractivity contribution in [1.82, 2.24) is 19.9 Å². The van der Waals surface area contributed by atoms with Crippen molar-refractivity contribution in [2.75, 3.05) is 6.54 Å². The summed E-state index contributed by atoms with van der Waals surface area (Å²) in [6.07, 6.45) is 8.05. The van der Waals surface area contributed by atoms with E-state index >= 15 is 0 Å². The fraction of sp³-hybridized carbons (Fsp3) is 0.190. The fourth-order valence-corrected chi connectivity index (χ4v) is 3.38. The van der Waals surface area contributed by atoms with Crippen molar-refractivity contribution >= 4 is 0 Å². The second-order valence-electron chi connectivity index (χ2n) is 6.63. The van der Waals surface area contributed by atoms with E-state index in [1.165, 1.54) is 11.1 Å². The molecule has 0 amide bonds. The van der Waals surface area contributed by atoms with Gasteiger partial charge in [0.05, 0.1) is 18.2 Å². The Hall–Kier alpha value is -3.25. The number of rotatable bonds is 4. The first-order valence-corrected chi connectivity index (χ1v) is 8.95. The molecule has 5 heterocycles. The molecular formula is C21H18N4O2. The topological polar surface area (TPSA) is 68.2 Å². The Morgan fingerprint density at radius 2 is 1.78 bits per heavy atom. The fourth-order valence-electron chi connectivity index (χ4n) is 3.38. The summed E-state index contributed by atoms with van der Waals surface area (Å²) >= 11 is 0. The maximum absolute atomic E-state index is 5.40. The highest BCUT2D eigenvalue weighted by atomic mass is 16.3. The van der Waals surface area contributed by atoms with Crippen molar-refractivity contribution in [2.24, 2.45) is 0 Å². The summed E-state index contributed by atoms with van der Waals surface area (Å²) in [6, 6.07) is 11.6. The number of pyridine rings is 1. The number of fused-ring (bicyclic) bond motifs is 1. The summed E-state index contributed by atoms with van der Waals surface area (Å²) in [7, 11) is 0. The van der Waals surface area contributed by atoms with Crippen molar-refractivity contribution in [3.8, 4) is 23.0 Å². The molecular weight excluding hydrogens is 340 g/mol. The molecule has 0 bridgehead atoms. The van der Waals surface area contributed by atoms with Gasteiger partial charge in [0, 0.05) is 44.0 Å². The largest absolute Gasteiger partial charge is 0.463 e. The zero-order chi connectivity index (χ0) is 18.1. The lowest BCUT2D eigenvalue weighted by Crippen LogP contribution is -2.31. The van der Waals surface area contributed by atoms with E-state index in [4.69, 9.17) is 8.83 Å². The summed E-state index contributed by atoms with van der Waals surface area (Å²) in [5.41, 5.74) is 4.32. The molecule has 0 fully saturated rings. The minimum Gasteiger partial charge on any atom is -0.463 e. The molecule has 0 saturated carbocycles. The first-order chi connectivity index (χ1) is 13.3. The highest BCUT2D eigenvalue weighted by molar-refractivity contribution is 5.51. The Balaban J connectivity index is 1.28. The van der Waals surface area contributed by atoms with Gasteiger partial charge in [0.2, 0.25) is 0 Å². The van der Waals surface area contributed by atoms with Crippen molar-refractivity contribution in [2.45, 2.75) is 19.5 Å². The third-order valence-electron chi connectivity index (χ3n) is 4.76. The van der Waals surface area contributed by atoms with Crippen LogP contribution < -0.4 is 0 Å². The summed E-state index contributed by atoms with van der Waals surface area (Å²) in [6.45, 7) is 2.65. The average molecular weight is 358 g/mol. The van der Waals surface area contributed by atoms with Crippen LogP contribution in [0.25, 0.3) is 23.0 Å². The molecule has 4 aromatic heterocycles. The Bertz CT molecular complexity index is 1020. The molecule has 0 spiro atoms. The van der Waals surface area contributed by atoms with Gasteiger partial charge in [0.1, 0.15) is 5.69 Å². The molecule has 27 heavy (non-hydrogen) atoms.